The van der Waals surface area contributed by atoms with Gasteiger partial charge in [-0.05, 0) is 26.0 Å². The first-order chi connectivity index (χ1) is 11.9. The summed E-state index contributed by atoms with van der Waals surface area (Å²) in [6, 6.07) is 4.08. The van der Waals surface area contributed by atoms with Crippen molar-refractivity contribution >= 4 is 28.2 Å². The van der Waals surface area contributed by atoms with Gasteiger partial charge >= 0.3 is 6.03 Å². The van der Waals surface area contributed by atoms with Crippen molar-refractivity contribution in [1.82, 2.24) is 19.6 Å². The largest absolute Gasteiger partial charge is 0.466 e. The number of hydrogen-bond acceptors (Lipinski definition) is 6. The van der Waals surface area contributed by atoms with Crippen LogP contribution in [0.1, 0.15) is 24.1 Å². The van der Waals surface area contributed by atoms with Crippen LogP contribution in [0.5, 0.6) is 0 Å². The predicted molar refractivity (Wildman–Crippen MR) is 89.2 cm³/mol. The SMILES string of the molecule is Cc1csc2nc(CN3C(=O)NC(C)(c4ccco4)C3=O)cc(=O)n12. The van der Waals surface area contributed by atoms with Crippen molar-refractivity contribution in [1.29, 1.82) is 0 Å². The average molecular weight is 358 g/mol. The molecule has 1 saturated heterocycles. The quantitative estimate of drug-likeness (QED) is 0.718. The molecule has 1 fully saturated rings. The lowest BCUT2D eigenvalue weighted by molar-refractivity contribution is -0.132. The number of carbonyl (C=O) groups is 2. The molecular formula is C16H14N4O4S. The van der Waals surface area contributed by atoms with Gasteiger partial charge < -0.3 is 9.73 Å². The Bertz CT molecular complexity index is 1050. The minimum absolute atomic E-state index is 0.0797. The van der Waals surface area contributed by atoms with Crippen LogP contribution >= 0.6 is 11.3 Å². The molecule has 1 atom stereocenters. The molecule has 0 radical (unpaired) electrons. The Balaban J connectivity index is 1.68. The van der Waals surface area contributed by atoms with Crippen LogP contribution < -0.4 is 10.9 Å². The summed E-state index contributed by atoms with van der Waals surface area (Å²) in [5.41, 5.74) is -0.345. The zero-order chi connectivity index (χ0) is 17.8. The van der Waals surface area contributed by atoms with E-state index in [0.717, 1.165) is 10.6 Å². The van der Waals surface area contributed by atoms with Crippen LogP contribution in [0, 0.1) is 6.92 Å². The van der Waals surface area contributed by atoms with E-state index in [0.29, 0.717) is 16.4 Å². The van der Waals surface area contributed by atoms with E-state index in [-0.39, 0.29) is 12.1 Å². The monoisotopic (exact) mass is 358 g/mol. The smallest absolute Gasteiger partial charge is 0.325 e. The molecule has 25 heavy (non-hydrogen) atoms. The Labute approximate surface area is 145 Å². The first kappa shape index (κ1) is 15.6. The normalized spacial score (nSPS) is 20.5. The molecule has 3 aromatic heterocycles. The highest BCUT2D eigenvalue weighted by atomic mass is 32.1. The molecule has 1 aliphatic rings. The molecule has 4 heterocycles. The molecule has 3 aromatic rings. The van der Waals surface area contributed by atoms with Gasteiger partial charge in [-0.1, -0.05) is 0 Å². The van der Waals surface area contributed by atoms with Gasteiger partial charge in [-0.25, -0.2) is 9.78 Å². The molecule has 9 heteroatoms. The number of fused-ring (bicyclic) bond motifs is 1. The van der Waals surface area contributed by atoms with Crippen LogP contribution in [-0.4, -0.2) is 26.2 Å². The van der Waals surface area contributed by atoms with Gasteiger partial charge in [0.2, 0.25) is 0 Å². The molecule has 0 aromatic carbocycles. The van der Waals surface area contributed by atoms with E-state index in [2.05, 4.69) is 10.3 Å². The predicted octanol–water partition coefficient (Wildman–Crippen LogP) is 1.62. The van der Waals surface area contributed by atoms with E-state index in [1.165, 1.54) is 28.1 Å². The summed E-state index contributed by atoms with van der Waals surface area (Å²) < 4.78 is 6.78. The fourth-order valence-corrected chi connectivity index (χ4v) is 3.81. The second-order valence-electron chi connectivity index (χ2n) is 6.00. The number of aromatic nitrogens is 2. The van der Waals surface area contributed by atoms with Crippen molar-refractivity contribution in [2.24, 2.45) is 0 Å². The number of thiazole rings is 1. The van der Waals surface area contributed by atoms with Crippen LogP contribution in [0.15, 0.2) is 39.1 Å². The molecule has 0 spiro atoms. The summed E-state index contributed by atoms with van der Waals surface area (Å²) in [5, 5.41) is 4.47. The number of hydrogen-bond donors (Lipinski definition) is 1. The van der Waals surface area contributed by atoms with Crippen LogP contribution in [0.25, 0.3) is 4.96 Å². The minimum atomic E-state index is -1.26. The Hall–Kier alpha value is -2.94. The third kappa shape index (κ3) is 2.27. The molecule has 4 rings (SSSR count). The van der Waals surface area contributed by atoms with Crippen LogP contribution in [0.4, 0.5) is 4.79 Å². The number of nitrogens with one attached hydrogen (secondary N) is 1. The maximum Gasteiger partial charge on any atom is 0.325 e. The number of amides is 3. The second-order valence-corrected chi connectivity index (χ2v) is 6.84. The number of imide groups is 1. The highest BCUT2D eigenvalue weighted by molar-refractivity contribution is 7.15. The summed E-state index contributed by atoms with van der Waals surface area (Å²) in [4.78, 5) is 43.3. The molecule has 1 aliphatic heterocycles. The van der Waals surface area contributed by atoms with Gasteiger partial charge in [0.05, 0.1) is 18.5 Å². The average Bonchev–Trinajstić information content (AvgIpc) is 3.26. The third-order valence-electron chi connectivity index (χ3n) is 4.24. The molecule has 0 bridgehead atoms. The topological polar surface area (TPSA) is 96.9 Å². The van der Waals surface area contributed by atoms with E-state index < -0.39 is 17.5 Å². The molecule has 128 valence electrons. The molecule has 0 saturated carbocycles. The third-order valence-corrected chi connectivity index (χ3v) is 5.18. The molecule has 1 N–H and O–H groups in total. The van der Waals surface area contributed by atoms with Crippen molar-refractivity contribution in [3.8, 4) is 0 Å². The fraction of sp³-hybridized carbons (Fsp3) is 0.250. The van der Waals surface area contributed by atoms with E-state index in [1.807, 2.05) is 12.3 Å². The van der Waals surface area contributed by atoms with E-state index in [1.54, 1.807) is 19.1 Å². The Morgan fingerprint density at radius 1 is 1.36 bits per heavy atom. The first-order valence-corrected chi connectivity index (χ1v) is 8.43. The molecule has 3 amide bonds. The lowest BCUT2D eigenvalue weighted by Gasteiger charge is -2.18. The first-order valence-electron chi connectivity index (χ1n) is 7.55. The fourth-order valence-electron chi connectivity index (χ4n) is 2.91. The number of rotatable bonds is 3. The highest BCUT2D eigenvalue weighted by Gasteiger charge is 2.51. The summed E-state index contributed by atoms with van der Waals surface area (Å²) in [7, 11) is 0. The number of furan rings is 1. The van der Waals surface area contributed by atoms with Crippen LogP contribution in [0.3, 0.4) is 0 Å². The number of urea groups is 1. The summed E-state index contributed by atoms with van der Waals surface area (Å²) in [5.74, 6) is -0.0949. The van der Waals surface area contributed by atoms with E-state index in [4.69, 9.17) is 4.42 Å². The maximum atomic E-state index is 12.8. The zero-order valence-electron chi connectivity index (χ0n) is 13.5. The van der Waals surface area contributed by atoms with Gasteiger partial charge in [-0.3, -0.25) is 18.9 Å². The molecular weight excluding hydrogens is 344 g/mol. The summed E-state index contributed by atoms with van der Waals surface area (Å²) in [6.45, 7) is 3.32. The van der Waals surface area contributed by atoms with Gasteiger partial charge in [0, 0.05) is 17.1 Å². The molecule has 1 unspecified atom stereocenters. The summed E-state index contributed by atoms with van der Waals surface area (Å²) >= 11 is 1.33. The number of carbonyl (C=O) groups excluding carboxylic acids is 2. The Morgan fingerprint density at radius 3 is 2.88 bits per heavy atom. The number of nitrogens with zero attached hydrogens (tertiary/aromatic N) is 3. The number of aryl methyl sites for hydroxylation is 1. The van der Waals surface area contributed by atoms with Crippen molar-refractivity contribution in [3.05, 3.63) is 57.3 Å². The Kier molecular flexibility index (Phi) is 3.29. The lowest BCUT2D eigenvalue weighted by Crippen LogP contribution is -2.40. The van der Waals surface area contributed by atoms with E-state index >= 15 is 0 Å². The summed E-state index contributed by atoms with van der Waals surface area (Å²) in [6.07, 6.45) is 1.44. The standard InChI is InChI=1S/C16H14N4O4S/c1-9-8-25-15-17-10(6-12(21)20(9)15)7-19-13(22)16(2,18-14(19)23)11-4-3-5-24-11/h3-6,8H,7H2,1-2H3,(H,18,23). The van der Waals surface area contributed by atoms with Crippen LogP contribution in [0.2, 0.25) is 0 Å². The van der Waals surface area contributed by atoms with Gasteiger partial charge in [-0.15, -0.1) is 11.3 Å². The zero-order valence-corrected chi connectivity index (χ0v) is 14.3. The molecule has 8 nitrogen and oxygen atoms in total. The van der Waals surface area contributed by atoms with Crippen molar-refractivity contribution in [2.45, 2.75) is 25.9 Å². The van der Waals surface area contributed by atoms with Gasteiger partial charge in [0.25, 0.3) is 11.5 Å². The van der Waals surface area contributed by atoms with Gasteiger partial charge in [0.15, 0.2) is 10.5 Å². The lowest BCUT2D eigenvalue weighted by atomic mass is 9.99. The van der Waals surface area contributed by atoms with E-state index in [9.17, 15) is 14.4 Å². The van der Waals surface area contributed by atoms with Crippen molar-refractivity contribution < 1.29 is 14.0 Å². The second kappa shape index (κ2) is 5.28. The van der Waals surface area contributed by atoms with Crippen molar-refractivity contribution in [2.75, 3.05) is 0 Å². The Morgan fingerprint density at radius 2 is 2.16 bits per heavy atom. The minimum Gasteiger partial charge on any atom is -0.466 e. The van der Waals surface area contributed by atoms with Gasteiger partial charge in [0.1, 0.15) is 5.76 Å². The highest BCUT2D eigenvalue weighted by Crippen LogP contribution is 2.29. The maximum absolute atomic E-state index is 12.8. The van der Waals surface area contributed by atoms with Crippen LogP contribution in [-0.2, 0) is 16.9 Å². The van der Waals surface area contributed by atoms with Gasteiger partial charge in [-0.2, -0.15) is 0 Å². The molecule has 0 aliphatic carbocycles. The van der Waals surface area contributed by atoms with Crippen molar-refractivity contribution in [3.63, 3.8) is 0 Å².